The van der Waals surface area contributed by atoms with E-state index in [1.807, 2.05) is 35.4 Å². The standard InChI is InChI=1S/C29H34N8O3S/c1-41(39,40)23-5-6-26-25(16-23)34-27(24-4-2-3-11-31-24)37(26)22-9-14-36(15-10-22)28(38)21-7-12-35(13-8-21)19-20-17-32-29(30)33-18-20/h2-6,11,16-18,21-22H,7-10,12-15,19H2,1H3,(H2,30,32,33)/p+1. The van der Waals surface area contributed by atoms with Crippen LogP contribution in [0, 0.1) is 5.92 Å². The number of hydrogen-bond acceptors (Lipinski definition) is 8. The number of piperidine rings is 2. The van der Waals surface area contributed by atoms with Crippen LogP contribution in [0.4, 0.5) is 5.95 Å². The maximum atomic E-state index is 13.5. The number of benzene rings is 1. The van der Waals surface area contributed by atoms with Crippen LogP contribution in [0.1, 0.15) is 37.3 Å². The molecule has 214 valence electrons. The first-order chi connectivity index (χ1) is 19.8. The minimum Gasteiger partial charge on any atom is -0.342 e. The number of imidazole rings is 1. The summed E-state index contributed by atoms with van der Waals surface area (Å²) in [4.78, 5) is 34.6. The zero-order valence-corrected chi connectivity index (χ0v) is 23.9. The van der Waals surface area contributed by atoms with Crippen LogP contribution < -0.4 is 10.7 Å². The van der Waals surface area contributed by atoms with E-state index in [0.29, 0.717) is 24.6 Å². The number of hydrogen-bond donors (Lipinski definition) is 1. The van der Waals surface area contributed by atoms with E-state index in [1.165, 1.54) is 6.26 Å². The first-order valence-electron chi connectivity index (χ1n) is 14.0. The van der Waals surface area contributed by atoms with E-state index >= 15 is 0 Å². The Balaban J connectivity index is 1.14. The molecule has 41 heavy (non-hydrogen) atoms. The van der Waals surface area contributed by atoms with Crippen LogP contribution >= 0.6 is 0 Å². The number of aromatic nitrogens is 5. The van der Waals surface area contributed by atoms with Crippen LogP contribution in [0.5, 0.6) is 0 Å². The molecule has 1 amide bonds. The van der Waals surface area contributed by atoms with Gasteiger partial charge in [0.15, 0.2) is 15.7 Å². The van der Waals surface area contributed by atoms with Crippen molar-refractivity contribution in [1.82, 2.24) is 29.3 Å². The second-order valence-electron chi connectivity index (χ2n) is 11.1. The Labute approximate surface area is 239 Å². The lowest BCUT2D eigenvalue weighted by Gasteiger charge is -2.38. The number of sulfone groups is 1. The quantitative estimate of drug-likeness (QED) is 0.369. The second-order valence-corrected chi connectivity index (χ2v) is 13.1. The van der Waals surface area contributed by atoms with Gasteiger partial charge in [-0.05, 0) is 69.1 Å². The van der Waals surface area contributed by atoms with Gasteiger partial charge in [-0.2, -0.15) is 0 Å². The van der Waals surface area contributed by atoms with E-state index in [2.05, 4.69) is 24.4 Å². The summed E-state index contributed by atoms with van der Waals surface area (Å²) in [6.07, 6.45) is 9.91. The number of nitrogens with one attached hydrogen (secondary N) is 1. The molecule has 0 aliphatic carbocycles. The van der Waals surface area contributed by atoms with Crippen molar-refractivity contribution in [1.29, 1.82) is 0 Å². The minimum absolute atomic E-state index is 0.0477. The number of pyridine rings is 1. The molecule has 3 N–H and O–H groups in total. The topological polar surface area (TPSA) is 141 Å². The van der Waals surface area contributed by atoms with Crippen molar-refractivity contribution in [3.05, 3.63) is 60.6 Å². The number of anilines is 1. The Kier molecular flexibility index (Phi) is 7.43. The van der Waals surface area contributed by atoms with E-state index in [0.717, 1.165) is 67.9 Å². The highest BCUT2D eigenvalue weighted by Crippen LogP contribution is 2.34. The molecule has 5 heterocycles. The fourth-order valence-electron chi connectivity index (χ4n) is 6.03. The van der Waals surface area contributed by atoms with E-state index in [1.54, 1.807) is 24.5 Å². The minimum atomic E-state index is -3.36. The van der Waals surface area contributed by atoms with Gasteiger partial charge in [-0.3, -0.25) is 20.4 Å². The average molecular weight is 576 g/mol. The van der Waals surface area contributed by atoms with Gasteiger partial charge in [0.1, 0.15) is 11.9 Å². The highest BCUT2D eigenvalue weighted by Gasteiger charge is 2.32. The number of rotatable bonds is 6. The lowest BCUT2D eigenvalue weighted by atomic mass is 9.93. The summed E-state index contributed by atoms with van der Waals surface area (Å²) in [7, 11) is -3.36. The number of carbonyl (C=O) groups is 1. The number of carbonyl (C=O) groups excluding carboxylic acids is 1. The fourth-order valence-corrected chi connectivity index (χ4v) is 6.67. The van der Waals surface area contributed by atoms with Gasteiger partial charge in [0.2, 0.25) is 5.91 Å². The number of nitrogens with two attached hydrogens (primary N) is 1. The molecule has 0 bridgehead atoms. The molecule has 0 atom stereocenters. The number of aromatic amines is 1. The van der Waals surface area contributed by atoms with E-state index in [9.17, 15) is 13.2 Å². The molecule has 3 aromatic heterocycles. The van der Waals surface area contributed by atoms with Gasteiger partial charge in [0.05, 0.1) is 22.1 Å². The highest BCUT2D eigenvalue weighted by atomic mass is 32.2. The van der Waals surface area contributed by atoms with Crippen LogP contribution in [0.15, 0.2) is 59.9 Å². The number of nitrogen functional groups attached to an aromatic ring is 1. The van der Waals surface area contributed by atoms with Gasteiger partial charge in [-0.1, -0.05) is 11.1 Å². The molecule has 6 rings (SSSR count). The molecule has 2 aliphatic heterocycles. The van der Waals surface area contributed by atoms with Gasteiger partial charge < -0.3 is 9.47 Å². The summed E-state index contributed by atoms with van der Waals surface area (Å²) in [5, 5.41) is 0. The molecule has 2 aliphatic rings. The van der Waals surface area contributed by atoms with Crippen LogP contribution in [-0.2, 0) is 21.2 Å². The first-order valence-corrected chi connectivity index (χ1v) is 15.9. The van der Waals surface area contributed by atoms with Crippen LogP contribution in [0.3, 0.4) is 0 Å². The van der Waals surface area contributed by atoms with E-state index in [4.69, 9.17) is 10.7 Å². The first kappa shape index (κ1) is 27.3. The molecule has 4 aromatic rings. The molecule has 0 radical (unpaired) electrons. The predicted octanol–water partition coefficient (Wildman–Crippen LogP) is 2.37. The van der Waals surface area contributed by atoms with Gasteiger partial charge >= 0.3 is 5.95 Å². The monoisotopic (exact) mass is 575 g/mol. The second kappa shape index (κ2) is 11.2. The lowest BCUT2D eigenvalue weighted by Crippen LogP contribution is -2.45. The van der Waals surface area contributed by atoms with Crippen LogP contribution in [-0.4, -0.2) is 76.1 Å². The summed E-state index contributed by atoms with van der Waals surface area (Å²) in [5.74, 6) is 1.42. The normalized spacial score (nSPS) is 17.7. The van der Waals surface area contributed by atoms with Crippen molar-refractivity contribution in [3.63, 3.8) is 0 Å². The third-order valence-electron chi connectivity index (χ3n) is 8.24. The number of amides is 1. The Morgan fingerprint density at radius 2 is 1.83 bits per heavy atom. The fraction of sp³-hybridized carbons (Fsp3) is 0.414. The molecule has 0 spiro atoms. The number of fused-ring (bicyclic) bond motifs is 1. The van der Waals surface area contributed by atoms with Gasteiger partial charge in [0, 0.05) is 49.6 Å². The zero-order chi connectivity index (χ0) is 28.6. The Hall–Kier alpha value is -3.90. The molecule has 0 unspecified atom stereocenters. The SMILES string of the molecule is CS(=O)(=O)c1ccc2c(c1)nc(-c1ccccn1)n2C1CCN(C(=O)C2CCN(Cc3cnc(N)[nH+]c3)CC2)CC1. The summed E-state index contributed by atoms with van der Waals surface area (Å²) < 4.78 is 26.6. The van der Waals surface area contributed by atoms with Crippen molar-refractivity contribution in [2.45, 2.75) is 43.2 Å². The summed E-state index contributed by atoms with van der Waals surface area (Å²) in [5.41, 5.74) is 8.97. The van der Waals surface area contributed by atoms with Crippen molar-refractivity contribution >= 4 is 32.7 Å². The van der Waals surface area contributed by atoms with E-state index in [-0.39, 0.29) is 22.8 Å². The average Bonchev–Trinajstić information content (AvgIpc) is 3.37. The van der Waals surface area contributed by atoms with Crippen LogP contribution in [0.2, 0.25) is 0 Å². The molecule has 11 nitrogen and oxygen atoms in total. The largest absolute Gasteiger partial charge is 0.386 e. The molecule has 2 saturated heterocycles. The molecular formula is C29H35N8O3S+. The third kappa shape index (κ3) is 5.80. The molecular weight excluding hydrogens is 540 g/mol. The molecule has 2 fully saturated rings. The highest BCUT2D eigenvalue weighted by molar-refractivity contribution is 7.90. The summed E-state index contributed by atoms with van der Waals surface area (Å²) in [6.45, 7) is 3.90. The van der Waals surface area contributed by atoms with Crippen LogP contribution in [0.25, 0.3) is 22.6 Å². The Morgan fingerprint density at radius 1 is 1.05 bits per heavy atom. The smallest absolute Gasteiger partial charge is 0.342 e. The molecule has 12 heteroatoms. The van der Waals surface area contributed by atoms with Crippen molar-refractivity contribution in [2.75, 3.05) is 38.2 Å². The number of likely N-dealkylation sites (tertiary alicyclic amines) is 2. The Bertz CT molecular complexity index is 1640. The maximum Gasteiger partial charge on any atom is 0.386 e. The van der Waals surface area contributed by atoms with Gasteiger partial charge in [-0.25, -0.2) is 18.4 Å². The molecule has 1 aromatic carbocycles. The number of H-pyrrole nitrogens is 1. The van der Waals surface area contributed by atoms with Gasteiger partial charge in [-0.15, -0.1) is 0 Å². The maximum absolute atomic E-state index is 13.5. The molecule has 0 saturated carbocycles. The van der Waals surface area contributed by atoms with Gasteiger partial charge in [0.25, 0.3) is 0 Å². The predicted molar refractivity (Wildman–Crippen MR) is 154 cm³/mol. The van der Waals surface area contributed by atoms with E-state index < -0.39 is 9.84 Å². The summed E-state index contributed by atoms with van der Waals surface area (Å²) in [6, 6.07) is 11.0. The van der Waals surface area contributed by atoms with Crippen molar-refractivity contribution in [2.24, 2.45) is 5.92 Å². The van der Waals surface area contributed by atoms with Crippen molar-refractivity contribution < 1.29 is 18.2 Å². The number of nitrogens with zero attached hydrogens (tertiary/aromatic N) is 6. The Morgan fingerprint density at radius 3 is 2.49 bits per heavy atom. The zero-order valence-electron chi connectivity index (χ0n) is 23.1. The summed E-state index contributed by atoms with van der Waals surface area (Å²) >= 11 is 0. The third-order valence-corrected chi connectivity index (χ3v) is 9.35. The lowest BCUT2D eigenvalue weighted by molar-refractivity contribution is -0.365. The van der Waals surface area contributed by atoms with Crippen molar-refractivity contribution in [3.8, 4) is 11.5 Å².